The van der Waals surface area contributed by atoms with E-state index in [2.05, 4.69) is 21.4 Å². The fourth-order valence-electron chi connectivity index (χ4n) is 0.878. The van der Waals surface area contributed by atoms with E-state index in [0.29, 0.717) is 4.47 Å². The molecule has 0 fully saturated rings. The summed E-state index contributed by atoms with van der Waals surface area (Å²) in [6.45, 7) is 1.86. The summed E-state index contributed by atoms with van der Waals surface area (Å²) in [7, 11) is 0. The van der Waals surface area contributed by atoms with Gasteiger partial charge in [-0.25, -0.2) is 4.39 Å². The van der Waals surface area contributed by atoms with Crippen molar-refractivity contribution in [3.63, 3.8) is 0 Å². The fourth-order valence-corrected chi connectivity index (χ4v) is 1.12. The first-order chi connectivity index (χ1) is 5.65. The first kappa shape index (κ1) is 9.64. The van der Waals surface area contributed by atoms with Crippen molar-refractivity contribution in [2.45, 2.75) is 13.0 Å². The molecule has 4 heteroatoms. The monoisotopic (exact) mass is 232 g/mol. The van der Waals surface area contributed by atoms with E-state index < -0.39 is 0 Å². The average molecular weight is 233 g/mol. The molecule has 1 aromatic rings. The highest BCUT2D eigenvalue weighted by Crippen LogP contribution is 2.19. The number of rotatable bonds is 2. The number of halogens is 2. The minimum atomic E-state index is -0.269. The summed E-state index contributed by atoms with van der Waals surface area (Å²) < 4.78 is 13.4. The molecule has 12 heavy (non-hydrogen) atoms. The molecule has 0 aliphatic rings. The van der Waals surface area contributed by atoms with Crippen LogP contribution >= 0.6 is 15.9 Å². The van der Waals surface area contributed by atoms with Crippen LogP contribution in [0.25, 0.3) is 0 Å². The van der Waals surface area contributed by atoms with Crippen LogP contribution in [-0.4, -0.2) is 0 Å². The number of hydrazine groups is 1. The van der Waals surface area contributed by atoms with Gasteiger partial charge in [-0.05, 0) is 40.5 Å². The molecular weight excluding hydrogens is 223 g/mol. The summed E-state index contributed by atoms with van der Waals surface area (Å²) in [6, 6.07) is 4.90. The maximum atomic E-state index is 13.0. The van der Waals surface area contributed by atoms with Gasteiger partial charge in [0, 0.05) is 6.04 Å². The number of hydrogen-bond donors (Lipinski definition) is 2. The second kappa shape index (κ2) is 3.98. The van der Waals surface area contributed by atoms with Crippen LogP contribution in [0.3, 0.4) is 0 Å². The van der Waals surface area contributed by atoms with Crippen LogP contribution < -0.4 is 11.3 Å². The smallest absolute Gasteiger partial charge is 0.137 e. The van der Waals surface area contributed by atoms with Crippen molar-refractivity contribution in [1.82, 2.24) is 5.43 Å². The van der Waals surface area contributed by atoms with Crippen molar-refractivity contribution in [2.75, 3.05) is 0 Å². The molecule has 0 heterocycles. The Morgan fingerprint density at radius 2 is 2.25 bits per heavy atom. The van der Waals surface area contributed by atoms with Crippen molar-refractivity contribution < 1.29 is 4.39 Å². The molecule has 2 nitrogen and oxygen atoms in total. The summed E-state index contributed by atoms with van der Waals surface area (Å²) in [6.07, 6.45) is 0. The maximum Gasteiger partial charge on any atom is 0.137 e. The summed E-state index contributed by atoms with van der Waals surface area (Å²) in [4.78, 5) is 0. The maximum absolute atomic E-state index is 13.0. The summed E-state index contributed by atoms with van der Waals surface area (Å²) in [5, 5.41) is 0. The lowest BCUT2D eigenvalue weighted by atomic mass is 10.1. The molecule has 0 spiro atoms. The predicted molar refractivity (Wildman–Crippen MR) is 49.8 cm³/mol. The molecule has 1 aromatic carbocycles. The molecule has 0 radical (unpaired) electrons. The Morgan fingerprint density at radius 1 is 1.58 bits per heavy atom. The summed E-state index contributed by atoms with van der Waals surface area (Å²) in [5.74, 6) is 4.94. The molecule has 0 aliphatic carbocycles. The average Bonchev–Trinajstić information content (AvgIpc) is 2.08. The van der Waals surface area contributed by atoms with Crippen LogP contribution in [0.2, 0.25) is 0 Å². The summed E-state index contributed by atoms with van der Waals surface area (Å²) in [5.41, 5.74) is 3.38. The second-order valence-electron chi connectivity index (χ2n) is 2.56. The van der Waals surface area contributed by atoms with Gasteiger partial charge in [-0.15, -0.1) is 0 Å². The van der Waals surface area contributed by atoms with Gasteiger partial charge in [-0.1, -0.05) is 6.07 Å². The van der Waals surface area contributed by atoms with Gasteiger partial charge in [0.25, 0.3) is 0 Å². The van der Waals surface area contributed by atoms with Gasteiger partial charge >= 0.3 is 0 Å². The molecule has 0 aliphatic heterocycles. The standard InChI is InChI=1S/C8H10BrFN2/c1-5(12-11)6-2-3-7(9)8(10)4-6/h2-5,12H,11H2,1H3. The van der Waals surface area contributed by atoms with Crippen molar-refractivity contribution in [3.05, 3.63) is 34.1 Å². The Morgan fingerprint density at radius 3 is 2.75 bits per heavy atom. The quantitative estimate of drug-likeness (QED) is 0.606. The molecule has 1 unspecified atom stereocenters. The van der Waals surface area contributed by atoms with E-state index in [1.807, 2.05) is 13.0 Å². The van der Waals surface area contributed by atoms with Crippen molar-refractivity contribution in [1.29, 1.82) is 0 Å². The van der Waals surface area contributed by atoms with Crippen LogP contribution in [0.5, 0.6) is 0 Å². The topological polar surface area (TPSA) is 38.0 Å². The Bertz CT molecular complexity index is 278. The molecule has 0 amide bonds. The van der Waals surface area contributed by atoms with E-state index in [4.69, 9.17) is 5.84 Å². The van der Waals surface area contributed by atoms with Gasteiger partial charge < -0.3 is 0 Å². The highest BCUT2D eigenvalue weighted by Gasteiger charge is 2.05. The van der Waals surface area contributed by atoms with E-state index >= 15 is 0 Å². The minimum absolute atomic E-state index is 0.0346. The normalized spacial score (nSPS) is 13.0. The molecule has 1 rings (SSSR count). The number of nitrogens with two attached hydrogens (primary N) is 1. The molecule has 0 saturated carbocycles. The van der Waals surface area contributed by atoms with Crippen molar-refractivity contribution >= 4 is 15.9 Å². The zero-order valence-electron chi connectivity index (χ0n) is 6.64. The molecular formula is C8H10BrFN2. The Labute approximate surface area is 79.1 Å². The van der Waals surface area contributed by atoms with Crippen LogP contribution in [-0.2, 0) is 0 Å². The van der Waals surface area contributed by atoms with Gasteiger partial charge in [-0.3, -0.25) is 11.3 Å². The second-order valence-corrected chi connectivity index (χ2v) is 3.42. The Balaban J connectivity index is 2.96. The van der Waals surface area contributed by atoms with Gasteiger partial charge in [0.05, 0.1) is 4.47 Å². The van der Waals surface area contributed by atoms with Gasteiger partial charge in [0.2, 0.25) is 0 Å². The van der Waals surface area contributed by atoms with Crippen molar-refractivity contribution in [3.8, 4) is 0 Å². The van der Waals surface area contributed by atoms with E-state index in [-0.39, 0.29) is 11.9 Å². The fraction of sp³-hybridized carbons (Fsp3) is 0.250. The molecule has 3 N–H and O–H groups in total. The minimum Gasteiger partial charge on any atom is -0.271 e. The number of benzene rings is 1. The zero-order chi connectivity index (χ0) is 9.14. The van der Waals surface area contributed by atoms with Crippen LogP contribution in [0.1, 0.15) is 18.5 Å². The van der Waals surface area contributed by atoms with Gasteiger partial charge in [0.15, 0.2) is 0 Å². The first-order valence-electron chi connectivity index (χ1n) is 3.56. The van der Waals surface area contributed by atoms with E-state index in [0.717, 1.165) is 5.56 Å². The van der Waals surface area contributed by atoms with E-state index in [9.17, 15) is 4.39 Å². The highest BCUT2D eigenvalue weighted by molar-refractivity contribution is 9.10. The lowest BCUT2D eigenvalue weighted by Crippen LogP contribution is -2.25. The third kappa shape index (κ3) is 2.03. The van der Waals surface area contributed by atoms with Crippen molar-refractivity contribution in [2.24, 2.45) is 5.84 Å². The van der Waals surface area contributed by atoms with E-state index in [1.165, 1.54) is 6.07 Å². The summed E-state index contributed by atoms with van der Waals surface area (Å²) >= 11 is 3.07. The molecule has 0 aromatic heterocycles. The zero-order valence-corrected chi connectivity index (χ0v) is 8.23. The molecule has 0 bridgehead atoms. The SMILES string of the molecule is CC(NN)c1ccc(Br)c(F)c1. The largest absolute Gasteiger partial charge is 0.271 e. The molecule has 1 atom stereocenters. The van der Waals surface area contributed by atoms with E-state index in [1.54, 1.807) is 6.07 Å². The van der Waals surface area contributed by atoms with Crippen LogP contribution in [0.15, 0.2) is 22.7 Å². The van der Waals surface area contributed by atoms with Crippen LogP contribution in [0.4, 0.5) is 4.39 Å². The third-order valence-corrected chi connectivity index (χ3v) is 2.34. The molecule has 0 saturated heterocycles. The first-order valence-corrected chi connectivity index (χ1v) is 4.35. The lowest BCUT2D eigenvalue weighted by Gasteiger charge is -2.10. The predicted octanol–water partition coefficient (Wildman–Crippen LogP) is 2.11. The van der Waals surface area contributed by atoms with Gasteiger partial charge in [0.1, 0.15) is 5.82 Å². The highest BCUT2D eigenvalue weighted by atomic mass is 79.9. The number of hydrogen-bond acceptors (Lipinski definition) is 2. The molecule has 66 valence electrons. The lowest BCUT2D eigenvalue weighted by molar-refractivity contribution is 0.583. The Kier molecular flexibility index (Phi) is 3.20. The number of nitrogens with one attached hydrogen (secondary N) is 1. The Hall–Kier alpha value is -0.450. The third-order valence-electron chi connectivity index (χ3n) is 1.69. The van der Waals surface area contributed by atoms with Crippen LogP contribution in [0, 0.1) is 5.82 Å². The van der Waals surface area contributed by atoms with Gasteiger partial charge in [-0.2, -0.15) is 0 Å².